The third kappa shape index (κ3) is 8.33. The summed E-state index contributed by atoms with van der Waals surface area (Å²) in [6.07, 6.45) is 7.00. The lowest BCUT2D eigenvalue weighted by Crippen LogP contribution is -2.55. The van der Waals surface area contributed by atoms with Gasteiger partial charge in [-0.1, -0.05) is 29.8 Å². The summed E-state index contributed by atoms with van der Waals surface area (Å²) < 4.78 is 43.1. The average molecular weight is 777 g/mol. The van der Waals surface area contributed by atoms with E-state index in [1.165, 1.54) is 6.08 Å². The lowest BCUT2D eigenvalue weighted by Gasteiger charge is -2.41. The zero-order valence-corrected chi connectivity index (χ0v) is 32.4. The predicted octanol–water partition coefficient (Wildman–Crippen LogP) is 6.72. The largest absolute Gasteiger partial charge is 0.461 e. The molecule has 1 saturated carbocycles. The number of aromatic nitrogens is 3. The maximum atomic E-state index is 16.9. The van der Waals surface area contributed by atoms with Gasteiger partial charge in [-0.3, -0.25) is 14.7 Å². The summed E-state index contributed by atoms with van der Waals surface area (Å²) in [5, 5.41) is 13.4. The van der Waals surface area contributed by atoms with E-state index in [0.29, 0.717) is 41.3 Å². The van der Waals surface area contributed by atoms with Crippen LogP contribution in [0.3, 0.4) is 0 Å². The number of hydrogen-bond acceptors (Lipinski definition) is 10. The van der Waals surface area contributed by atoms with Crippen molar-refractivity contribution in [2.24, 2.45) is 0 Å². The van der Waals surface area contributed by atoms with Gasteiger partial charge in [-0.15, -0.1) is 0 Å². The number of benzene rings is 1. The number of alkyl halides is 1. The van der Waals surface area contributed by atoms with Crippen molar-refractivity contribution in [3.8, 4) is 23.3 Å². The lowest BCUT2D eigenvalue weighted by atomic mass is 9.95. The number of halogens is 3. The monoisotopic (exact) mass is 776 g/mol. The highest BCUT2D eigenvalue weighted by Crippen LogP contribution is 2.48. The van der Waals surface area contributed by atoms with Crippen LogP contribution in [0.2, 0.25) is 5.02 Å². The van der Waals surface area contributed by atoms with Crippen molar-refractivity contribution in [1.82, 2.24) is 30.1 Å². The Bertz CT molecular complexity index is 2030. The smallest absolute Gasteiger partial charge is 0.408 e. The molecular weight excluding hydrogens is 730 g/mol. The number of ether oxygens (including phenoxy) is 2. The number of carbonyl (C=O) groups is 2. The number of carbonyl (C=O) groups excluding carboxylic acids is 2. The topological polar surface area (TPSA) is 137 Å². The Labute approximate surface area is 324 Å². The van der Waals surface area contributed by atoms with E-state index < -0.39 is 41.3 Å². The van der Waals surface area contributed by atoms with Crippen LogP contribution in [0, 0.1) is 17.1 Å². The second-order valence-electron chi connectivity index (χ2n) is 16.1. The Morgan fingerprint density at radius 2 is 2.00 bits per heavy atom. The Kier molecular flexibility index (Phi) is 10.9. The van der Waals surface area contributed by atoms with Crippen LogP contribution in [0.5, 0.6) is 6.01 Å². The molecule has 12 nitrogen and oxygen atoms in total. The molecular formula is C40H47ClF2N8O4. The zero-order valence-electron chi connectivity index (χ0n) is 31.7. The molecule has 1 aromatic carbocycles. The molecule has 3 aromatic rings. The predicted molar refractivity (Wildman–Crippen MR) is 204 cm³/mol. The summed E-state index contributed by atoms with van der Waals surface area (Å²) in [6.45, 7) is 9.09. The van der Waals surface area contributed by atoms with Crippen LogP contribution in [0.25, 0.3) is 22.2 Å². The third-order valence-electron chi connectivity index (χ3n) is 10.8. The Morgan fingerprint density at radius 1 is 1.20 bits per heavy atom. The molecule has 15 heteroatoms. The van der Waals surface area contributed by atoms with Crippen molar-refractivity contribution in [3.05, 3.63) is 53.0 Å². The maximum absolute atomic E-state index is 16.9. The first kappa shape index (κ1) is 38.7. The number of nitrogens with zero attached hydrogens (tertiary/aromatic N) is 7. The number of alkyl carbamates (subject to hydrolysis) is 1. The van der Waals surface area contributed by atoms with Gasteiger partial charge in [0.2, 0.25) is 5.91 Å². The third-order valence-corrected chi connectivity index (χ3v) is 11.2. The van der Waals surface area contributed by atoms with Gasteiger partial charge in [-0.25, -0.2) is 13.6 Å². The minimum atomic E-state index is -0.947. The fourth-order valence-corrected chi connectivity index (χ4v) is 8.50. The Morgan fingerprint density at radius 3 is 2.75 bits per heavy atom. The van der Waals surface area contributed by atoms with Gasteiger partial charge in [0.1, 0.15) is 35.4 Å². The average Bonchev–Trinajstić information content (AvgIpc) is 3.82. The van der Waals surface area contributed by atoms with Crippen molar-refractivity contribution < 1.29 is 27.8 Å². The first-order valence-corrected chi connectivity index (χ1v) is 19.4. The van der Waals surface area contributed by atoms with Crippen molar-refractivity contribution >= 4 is 40.3 Å². The number of nitriles is 1. The molecule has 55 heavy (non-hydrogen) atoms. The molecule has 2 amide bonds. The number of amides is 2. The summed E-state index contributed by atoms with van der Waals surface area (Å²) >= 11 is 6.63. The number of anilines is 1. The maximum Gasteiger partial charge on any atom is 0.408 e. The van der Waals surface area contributed by atoms with Gasteiger partial charge in [0.15, 0.2) is 5.82 Å². The van der Waals surface area contributed by atoms with Crippen LogP contribution in [-0.2, 0) is 9.53 Å². The standard InChI is InChI=1S/C40H47ClF2N8O4/c1-24(46-38(53)55-39(2,3)4)9-12-31(52)51-18-17-49(22-27(51)13-15-44)36-29-20-45-34(28-7-5-8-30(41)32(28)25-10-11-25)33(43)35(29)47-37(48-36)54-23-40-14-6-16-50(40)21-26(42)19-40/h5,7-9,12,20,24-27H,6,10-11,13-14,16-19,21-23H2,1-4H3,(H,46,53)/b12-9+/t24-,26-,27+,40+/m1/s1. The molecule has 5 heterocycles. The van der Waals surface area contributed by atoms with Gasteiger partial charge in [-0.05, 0) is 77.5 Å². The van der Waals surface area contributed by atoms with Gasteiger partial charge in [0.05, 0.1) is 29.5 Å². The molecule has 1 aliphatic carbocycles. The van der Waals surface area contributed by atoms with E-state index in [-0.39, 0.29) is 55.2 Å². The molecule has 4 aliphatic rings. The van der Waals surface area contributed by atoms with Crippen molar-refractivity contribution in [2.75, 3.05) is 44.2 Å². The Balaban J connectivity index is 1.19. The van der Waals surface area contributed by atoms with E-state index in [2.05, 4.69) is 26.3 Å². The number of piperazine rings is 1. The van der Waals surface area contributed by atoms with Crippen molar-refractivity contribution in [3.63, 3.8) is 0 Å². The molecule has 3 aliphatic heterocycles. The number of nitrogens with one attached hydrogen (secondary N) is 1. The van der Waals surface area contributed by atoms with E-state index in [1.807, 2.05) is 11.0 Å². The SMILES string of the molecule is C[C@H](/C=C/C(=O)N1CCN(c2nc(OC[C@@]34CCCN3C[C@H](F)C4)nc3c(F)c(-c4cccc(Cl)c4C4CC4)ncc23)C[C@@H]1CC#N)NC(=O)OC(C)(C)C. The van der Waals surface area contributed by atoms with Crippen LogP contribution in [0.4, 0.5) is 19.4 Å². The molecule has 292 valence electrons. The van der Waals surface area contributed by atoms with E-state index in [1.54, 1.807) is 57.0 Å². The second-order valence-corrected chi connectivity index (χ2v) is 16.5. The van der Waals surface area contributed by atoms with Crippen molar-refractivity contribution in [1.29, 1.82) is 5.26 Å². The summed E-state index contributed by atoms with van der Waals surface area (Å²) in [6, 6.07) is 6.54. The molecule has 3 saturated heterocycles. The Hall–Kier alpha value is -4.61. The molecule has 0 bridgehead atoms. The second kappa shape index (κ2) is 15.5. The number of pyridine rings is 1. The van der Waals surface area contributed by atoms with Gasteiger partial charge in [0.25, 0.3) is 0 Å². The molecule has 0 radical (unpaired) electrons. The molecule has 4 fully saturated rings. The highest BCUT2D eigenvalue weighted by Gasteiger charge is 2.49. The van der Waals surface area contributed by atoms with Gasteiger partial charge in [0, 0.05) is 61.5 Å². The minimum Gasteiger partial charge on any atom is -0.461 e. The fourth-order valence-electron chi connectivity index (χ4n) is 8.17. The number of hydrogen-bond donors (Lipinski definition) is 1. The van der Waals surface area contributed by atoms with Crippen LogP contribution in [0.15, 0.2) is 36.5 Å². The molecule has 0 unspecified atom stereocenters. The number of fused-ring (bicyclic) bond motifs is 2. The van der Waals surface area contributed by atoms with Gasteiger partial charge < -0.3 is 24.6 Å². The summed E-state index contributed by atoms with van der Waals surface area (Å²) in [4.78, 5) is 45.4. The zero-order chi connectivity index (χ0) is 39.1. The van der Waals surface area contributed by atoms with E-state index >= 15 is 4.39 Å². The first-order chi connectivity index (χ1) is 26.2. The quantitative estimate of drug-likeness (QED) is 0.221. The first-order valence-electron chi connectivity index (χ1n) is 19.0. The molecule has 4 atom stereocenters. The minimum absolute atomic E-state index is 0.0204. The van der Waals surface area contributed by atoms with E-state index in [0.717, 1.165) is 37.8 Å². The fraction of sp³-hybridized carbons (Fsp3) is 0.550. The van der Waals surface area contributed by atoms with Crippen LogP contribution < -0.4 is 15.0 Å². The molecule has 7 rings (SSSR count). The number of rotatable bonds is 10. The van der Waals surface area contributed by atoms with Gasteiger partial charge in [-0.2, -0.15) is 15.2 Å². The highest BCUT2D eigenvalue weighted by molar-refractivity contribution is 6.32. The summed E-state index contributed by atoms with van der Waals surface area (Å²) in [7, 11) is 0. The van der Waals surface area contributed by atoms with E-state index in [4.69, 9.17) is 26.1 Å². The van der Waals surface area contributed by atoms with Crippen LogP contribution >= 0.6 is 11.6 Å². The van der Waals surface area contributed by atoms with Crippen LogP contribution in [-0.4, -0.2) is 105 Å². The molecule has 0 spiro atoms. The molecule has 2 aromatic heterocycles. The normalized spacial score (nSPS) is 23.5. The van der Waals surface area contributed by atoms with Gasteiger partial charge >= 0.3 is 12.1 Å². The molecule has 1 N–H and O–H groups in total. The van der Waals surface area contributed by atoms with Crippen LogP contribution in [0.1, 0.15) is 77.7 Å². The lowest BCUT2D eigenvalue weighted by molar-refractivity contribution is -0.128. The van der Waals surface area contributed by atoms with E-state index in [9.17, 15) is 19.2 Å². The van der Waals surface area contributed by atoms with Crippen molar-refractivity contribution in [2.45, 2.75) is 102 Å². The summed E-state index contributed by atoms with van der Waals surface area (Å²) in [5.41, 5.74) is 0.490. The summed E-state index contributed by atoms with van der Waals surface area (Å²) in [5.74, 6) is -0.358. The highest BCUT2D eigenvalue weighted by atomic mass is 35.5.